The van der Waals surface area contributed by atoms with E-state index < -0.39 is 10.0 Å². The fourth-order valence-electron chi connectivity index (χ4n) is 3.70. The van der Waals surface area contributed by atoms with Crippen molar-refractivity contribution < 1.29 is 8.42 Å². The lowest BCUT2D eigenvalue weighted by atomic mass is 10.1. The van der Waals surface area contributed by atoms with E-state index in [4.69, 9.17) is 0 Å². The Hall–Kier alpha value is -2.22. The second-order valence-electron chi connectivity index (χ2n) is 7.66. The number of anilines is 1. The van der Waals surface area contributed by atoms with Gasteiger partial charge in [0.15, 0.2) is 5.13 Å². The van der Waals surface area contributed by atoms with Gasteiger partial charge in [0.2, 0.25) is 10.0 Å². The molecule has 0 saturated carbocycles. The quantitative estimate of drug-likeness (QED) is 0.564. The Balaban J connectivity index is 1.45. The molecule has 2 heterocycles. The van der Waals surface area contributed by atoms with Gasteiger partial charge in [-0.15, -0.1) is 11.3 Å². The zero-order valence-corrected chi connectivity index (χ0v) is 18.8. The maximum absolute atomic E-state index is 12.9. The molecule has 30 heavy (non-hydrogen) atoms. The van der Waals surface area contributed by atoms with Crippen LogP contribution in [0.4, 0.5) is 5.13 Å². The standard InChI is InChI=1S/C23H27N3O2S2/c1-18-8-4-5-9-20(18)16-24-23-25-22(17-29-23)19-10-12-21(13-11-19)30(27,28)26-14-6-2-3-7-15-26/h4-5,8-13,17H,2-3,6-7,14-16H2,1H3,(H,24,25). The van der Waals surface area contributed by atoms with Crippen molar-refractivity contribution in [1.82, 2.24) is 9.29 Å². The molecule has 1 aliphatic heterocycles. The maximum Gasteiger partial charge on any atom is 0.243 e. The average molecular weight is 442 g/mol. The summed E-state index contributed by atoms with van der Waals surface area (Å²) in [6.07, 6.45) is 4.09. The van der Waals surface area contributed by atoms with E-state index in [1.807, 2.05) is 29.6 Å². The van der Waals surface area contributed by atoms with Crippen molar-refractivity contribution in [2.45, 2.75) is 44.0 Å². The molecule has 0 amide bonds. The van der Waals surface area contributed by atoms with E-state index >= 15 is 0 Å². The molecule has 5 nitrogen and oxygen atoms in total. The van der Waals surface area contributed by atoms with Gasteiger partial charge in [-0.05, 0) is 43.0 Å². The van der Waals surface area contributed by atoms with Crippen LogP contribution in [0.25, 0.3) is 11.3 Å². The van der Waals surface area contributed by atoms with Crippen LogP contribution >= 0.6 is 11.3 Å². The second-order valence-corrected chi connectivity index (χ2v) is 10.5. The molecule has 1 saturated heterocycles. The molecule has 0 spiro atoms. The molecule has 7 heteroatoms. The minimum Gasteiger partial charge on any atom is -0.357 e. The predicted molar refractivity (Wildman–Crippen MR) is 123 cm³/mol. The van der Waals surface area contributed by atoms with Crippen LogP contribution in [0.2, 0.25) is 0 Å². The Labute approximate surface area is 182 Å². The van der Waals surface area contributed by atoms with E-state index in [1.165, 1.54) is 11.1 Å². The number of thiazole rings is 1. The van der Waals surface area contributed by atoms with Gasteiger partial charge in [-0.1, -0.05) is 49.2 Å². The van der Waals surface area contributed by atoms with Crippen molar-refractivity contribution >= 4 is 26.5 Å². The minimum absolute atomic E-state index is 0.362. The molecule has 1 N–H and O–H groups in total. The highest BCUT2D eigenvalue weighted by atomic mass is 32.2. The number of sulfonamides is 1. The summed E-state index contributed by atoms with van der Waals surface area (Å²) < 4.78 is 27.5. The van der Waals surface area contributed by atoms with Crippen molar-refractivity contribution in [1.29, 1.82) is 0 Å². The van der Waals surface area contributed by atoms with Crippen LogP contribution in [-0.2, 0) is 16.6 Å². The van der Waals surface area contributed by atoms with Crippen molar-refractivity contribution in [3.05, 3.63) is 65.0 Å². The molecular formula is C23H27N3O2S2. The van der Waals surface area contributed by atoms with Crippen LogP contribution < -0.4 is 5.32 Å². The normalized spacial score (nSPS) is 15.6. The van der Waals surface area contributed by atoms with Gasteiger partial charge in [0.05, 0.1) is 10.6 Å². The summed E-state index contributed by atoms with van der Waals surface area (Å²) in [7, 11) is -3.42. The molecule has 0 radical (unpaired) electrons. The second kappa shape index (κ2) is 9.29. The number of aromatic nitrogens is 1. The number of hydrogen-bond donors (Lipinski definition) is 1. The van der Waals surface area contributed by atoms with E-state index in [2.05, 4.69) is 29.4 Å². The monoisotopic (exact) mass is 441 g/mol. The molecule has 0 atom stereocenters. The molecule has 0 aliphatic carbocycles. The van der Waals surface area contributed by atoms with Crippen LogP contribution in [0.15, 0.2) is 58.8 Å². The van der Waals surface area contributed by atoms with Crippen LogP contribution in [0.1, 0.15) is 36.8 Å². The molecule has 1 aliphatic rings. The van der Waals surface area contributed by atoms with Gasteiger partial charge in [0, 0.05) is 30.6 Å². The van der Waals surface area contributed by atoms with Crippen molar-refractivity contribution in [2.24, 2.45) is 0 Å². The summed E-state index contributed by atoms with van der Waals surface area (Å²) in [5.74, 6) is 0. The summed E-state index contributed by atoms with van der Waals surface area (Å²) in [4.78, 5) is 5.03. The van der Waals surface area contributed by atoms with Crippen LogP contribution in [0, 0.1) is 6.92 Å². The molecule has 4 rings (SSSR count). The lowest BCUT2D eigenvalue weighted by Gasteiger charge is -2.19. The Kier molecular flexibility index (Phi) is 6.51. The van der Waals surface area contributed by atoms with E-state index in [0.717, 1.165) is 48.6 Å². The number of hydrogen-bond acceptors (Lipinski definition) is 5. The third-order valence-corrected chi connectivity index (χ3v) is 8.26. The van der Waals surface area contributed by atoms with Gasteiger partial charge >= 0.3 is 0 Å². The highest BCUT2D eigenvalue weighted by molar-refractivity contribution is 7.89. The zero-order valence-electron chi connectivity index (χ0n) is 17.2. The Morgan fingerprint density at radius 1 is 1.00 bits per heavy atom. The molecule has 0 bridgehead atoms. The minimum atomic E-state index is -3.42. The zero-order chi connectivity index (χ0) is 21.0. The van der Waals surface area contributed by atoms with Crippen LogP contribution in [-0.4, -0.2) is 30.8 Å². The third kappa shape index (κ3) is 4.74. The summed E-state index contributed by atoms with van der Waals surface area (Å²) in [6, 6.07) is 15.4. The Bertz CT molecular complexity index is 1080. The first-order chi connectivity index (χ1) is 14.5. The van der Waals surface area contributed by atoms with Gasteiger partial charge in [0.25, 0.3) is 0 Å². The molecule has 158 valence electrons. The van der Waals surface area contributed by atoms with E-state index in [0.29, 0.717) is 18.0 Å². The largest absolute Gasteiger partial charge is 0.357 e. The summed E-state index contributed by atoms with van der Waals surface area (Å²) in [5.41, 5.74) is 4.27. The summed E-state index contributed by atoms with van der Waals surface area (Å²) >= 11 is 1.56. The lowest BCUT2D eigenvalue weighted by molar-refractivity contribution is 0.424. The SMILES string of the molecule is Cc1ccccc1CNc1nc(-c2ccc(S(=O)(=O)N3CCCCCC3)cc2)cs1. The molecule has 0 unspecified atom stereocenters. The Morgan fingerprint density at radius 2 is 1.70 bits per heavy atom. The molecule has 1 aromatic heterocycles. The smallest absolute Gasteiger partial charge is 0.243 e. The number of benzene rings is 2. The van der Waals surface area contributed by atoms with E-state index in [9.17, 15) is 8.42 Å². The van der Waals surface area contributed by atoms with Gasteiger partial charge < -0.3 is 5.32 Å². The third-order valence-electron chi connectivity index (χ3n) is 5.55. The molecule has 2 aromatic carbocycles. The van der Waals surface area contributed by atoms with Crippen LogP contribution in [0.3, 0.4) is 0 Å². The highest BCUT2D eigenvalue weighted by Gasteiger charge is 2.25. The van der Waals surface area contributed by atoms with Crippen molar-refractivity contribution in [3.63, 3.8) is 0 Å². The van der Waals surface area contributed by atoms with Crippen molar-refractivity contribution in [2.75, 3.05) is 18.4 Å². The highest BCUT2D eigenvalue weighted by Crippen LogP contribution is 2.27. The first kappa shape index (κ1) is 21.0. The first-order valence-corrected chi connectivity index (χ1v) is 12.7. The van der Waals surface area contributed by atoms with Crippen molar-refractivity contribution in [3.8, 4) is 11.3 Å². The maximum atomic E-state index is 12.9. The fraction of sp³-hybridized carbons (Fsp3) is 0.348. The number of nitrogens with zero attached hydrogens (tertiary/aromatic N) is 2. The number of rotatable bonds is 6. The van der Waals surface area contributed by atoms with Crippen LogP contribution in [0.5, 0.6) is 0 Å². The number of aryl methyl sites for hydroxylation is 1. The topological polar surface area (TPSA) is 62.3 Å². The summed E-state index contributed by atoms with van der Waals surface area (Å²) in [5, 5.41) is 6.24. The molecular weight excluding hydrogens is 414 g/mol. The van der Waals surface area contributed by atoms with E-state index in [1.54, 1.807) is 27.8 Å². The van der Waals surface area contributed by atoms with Gasteiger partial charge in [-0.2, -0.15) is 4.31 Å². The average Bonchev–Trinajstić information content (AvgIpc) is 3.05. The fourth-order valence-corrected chi connectivity index (χ4v) is 5.93. The van der Waals surface area contributed by atoms with E-state index in [-0.39, 0.29) is 0 Å². The van der Waals surface area contributed by atoms with Gasteiger partial charge in [0.1, 0.15) is 0 Å². The molecule has 3 aromatic rings. The predicted octanol–water partition coefficient (Wildman–Crippen LogP) is 5.30. The van der Waals surface area contributed by atoms with Gasteiger partial charge in [-0.25, -0.2) is 13.4 Å². The lowest BCUT2D eigenvalue weighted by Crippen LogP contribution is -2.31. The first-order valence-electron chi connectivity index (χ1n) is 10.4. The molecule has 1 fully saturated rings. The number of nitrogens with one attached hydrogen (secondary N) is 1. The summed E-state index contributed by atoms with van der Waals surface area (Å²) in [6.45, 7) is 4.07. The van der Waals surface area contributed by atoms with Gasteiger partial charge in [-0.3, -0.25) is 0 Å². The Morgan fingerprint density at radius 3 is 2.40 bits per heavy atom.